The molecule has 5 nitrogen and oxygen atoms in total. The van der Waals surface area contributed by atoms with E-state index in [0.717, 1.165) is 5.56 Å². The van der Waals surface area contributed by atoms with E-state index in [0.29, 0.717) is 12.0 Å². The average Bonchev–Trinajstić information content (AvgIpc) is 2.46. The van der Waals surface area contributed by atoms with Crippen LogP contribution in [0.2, 0.25) is 0 Å². The fraction of sp³-hybridized carbons (Fsp3) is 0.250. The number of benzene rings is 2. The Morgan fingerprint density at radius 1 is 1.08 bits per heavy atom. The maximum Gasteiger partial charge on any atom is 0.261 e. The second kappa shape index (κ2) is 6.57. The second-order valence-electron chi connectivity index (χ2n) is 5.72. The normalized spacial score (nSPS) is 14.1. The van der Waals surface area contributed by atoms with Crippen LogP contribution in [0.1, 0.15) is 17.5 Å². The predicted octanol–water partition coefficient (Wildman–Crippen LogP) is 3.68. The molecule has 0 aromatic heterocycles. The first-order valence-electron chi connectivity index (χ1n) is 7.21. The first-order valence-corrected chi connectivity index (χ1v) is 11.6. The summed E-state index contributed by atoms with van der Waals surface area (Å²) in [7, 11) is -3.43. The van der Waals surface area contributed by atoms with E-state index in [4.69, 9.17) is 10.7 Å². The van der Waals surface area contributed by atoms with Crippen molar-refractivity contribution in [3.8, 4) is 0 Å². The Labute approximate surface area is 146 Å². The fourth-order valence-electron chi connectivity index (χ4n) is 2.32. The van der Waals surface area contributed by atoms with Gasteiger partial charge in [0.15, 0.2) is 0 Å². The highest BCUT2D eigenvalue weighted by molar-refractivity contribution is 8.13. The van der Waals surface area contributed by atoms with Crippen molar-refractivity contribution < 1.29 is 21.7 Å². The molecular formula is C16H19ClO5S2. The third-order valence-electron chi connectivity index (χ3n) is 3.65. The van der Waals surface area contributed by atoms with Crippen molar-refractivity contribution >= 4 is 29.4 Å². The number of hydrogen-bond donors (Lipinski definition) is 2. The minimum Gasteiger partial charge on any atom is -0.304 e. The topological polar surface area (TPSA) is 91.7 Å². The Bertz CT molecular complexity index is 898. The van der Waals surface area contributed by atoms with E-state index in [1.807, 2.05) is 6.92 Å². The number of hydrogen-bond acceptors (Lipinski definition) is 3. The summed E-state index contributed by atoms with van der Waals surface area (Å²) in [6.45, 7) is 1.84. The van der Waals surface area contributed by atoms with Gasteiger partial charge in [-0.3, -0.25) is 0 Å². The van der Waals surface area contributed by atoms with E-state index < -0.39 is 18.7 Å². The van der Waals surface area contributed by atoms with E-state index in [2.05, 4.69) is 0 Å². The van der Waals surface area contributed by atoms with Crippen LogP contribution in [-0.4, -0.2) is 27.5 Å². The van der Waals surface area contributed by atoms with Gasteiger partial charge in [-0.25, -0.2) is 12.6 Å². The lowest BCUT2D eigenvalue weighted by Gasteiger charge is -2.31. The van der Waals surface area contributed by atoms with Gasteiger partial charge in [-0.05, 0) is 49.6 Å². The monoisotopic (exact) mass is 390 g/mol. The molecule has 2 rings (SSSR count). The lowest BCUT2D eigenvalue weighted by atomic mass is 10.1. The van der Waals surface area contributed by atoms with Crippen LogP contribution in [0.4, 0.5) is 0 Å². The Balaban J connectivity index is 2.11. The number of halogens is 1. The molecule has 0 aliphatic rings. The number of rotatable bonds is 6. The van der Waals surface area contributed by atoms with E-state index in [1.165, 1.54) is 24.3 Å². The summed E-state index contributed by atoms with van der Waals surface area (Å²) in [4.78, 5) is -0.0412. The Morgan fingerprint density at radius 3 is 2.29 bits per heavy atom. The van der Waals surface area contributed by atoms with Crippen LogP contribution >= 0.6 is 10.7 Å². The van der Waals surface area contributed by atoms with Gasteiger partial charge >= 0.3 is 0 Å². The van der Waals surface area contributed by atoms with Gasteiger partial charge in [-0.15, -0.1) is 0 Å². The molecule has 0 aliphatic heterocycles. The molecule has 132 valence electrons. The molecule has 0 radical (unpaired) electrons. The molecule has 0 saturated carbocycles. The average molecular weight is 391 g/mol. The van der Waals surface area contributed by atoms with Gasteiger partial charge in [0.05, 0.1) is 15.5 Å². The molecule has 0 spiro atoms. The van der Waals surface area contributed by atoms with Crippen molar-refractivity contribution in [3.05, 3.63) is 59.7 Å². The lowest BCUT2D eigenvalue weighted by Crippen LogP contribution is -2.35. The molecule has 0 bridgehead atoms. The highest BCUT2D eigenvalue weighted by Gasteiger charge is 2.31. The minimum atomic E-state index is -4.91. The van der Waals surface area contributed by atoms with Gasteiger partial charge < -0.3 is 9.11 Å². The van der Waals surface area contributed by atoms with Crippen molar-refractivity contribution in [2.24, 2.45) is 0 Å². The van der Waals surface area contributed by atoms with E-state index in [-0.39, 0.29) is 22.0 Å². The van der Waals surface area contributed by atoms with Gasteiger partial charge in [-0.1, -0.05) is 29.8 Å². The van der Waals surface area contributed by atoms with E-state index >= 15 is 0 Å². The molecule has 24 heavy (non-hydrogen) atoms. The maximum atomic E-state index is 12.5. The quantitative estimate of drug-likeness (QED) is 0.734. The Hall–Kier alpha value is -1.25. The van der Waals surface area contributed by atoms with Gasteiger partial charge in [0.1, 0.15) is 9.63 Å². The summed E-state index contributed by atoms with van der Waals surface area (Å²) in [5, 5.41) is 0. The standard InChI is InChI=1S/C16H19ClO5S2/c1-13-7-9-16(10-8-13)24(20,21,22)11-3-5-14-4-2-6-15(12-14)23(17,18)19/h2,4,6-10,12H,3,5,11H2,1H3,(H2,20,21,22). The smallest absolute Gasteiger partial charge is 0.261 e. The number of aryl methyl sites for hydroxylation is 2. The van der Waals surface area contributed by atoms with Crippen LogP contribution in [0, 0.1) is 6.92 Å². The van der Waals surface area contributed by atoms with Gasteiger partial charge in [-0.2, -0.15) is 0 Å². The first-order chi connectivity index (χ1) is 11.0. The highest BCUT2D eigenvalue weighted by Crippen LogP contribution is 2.30. The summed E-state index contributed by atoms with van der Waals surface area (Å²) < 4.78 is 55.5. The molecule has 0 unspecified atom stereocenters. The third-order valence-corrected chi connectivity index (χ3v) is 7.25. The summed E-state index contributed by atoms with van der Waals surface area (Å²) in [6, 6.07) is 12.2. The van der Waals surface area contributed by atoms with Crippen LogP contribution in [0.25, 0.3) is 0 Å². The summed E-state index contributed by atoms with van der Waals surface area (Å²) in [6.07, 6.45) is 0.541. The van der Waals surface area contributed by atoms with Crippen LogP contribution in [0.5, 0.6) is 0 Å². The molecule has 0 heterocycles. The van der Waals surface area contributed by atoms with Gasteiger partial charge in [0.25, 0.3) is 9.05 Å². The molecule has 0 fully saturated rings. The molecule has 2 aromatic rings. The van der Waals surface area contributed by atoms with Gasteiger partial charge in [0, 0.05) is 10.7 Å². The summed E-state index contributed by atoms with van der Waals surface area (Å²) in [5.41, 5.74) is 1.57. The van der Waals surface area contributed by atoms with E-state index in [9.17, 15) is 21.7 Å². The van der Waals surface area contributed by atoms with Crippen molar-refractivity contribution in [1.82, 2.24) is 0 Å². The molecule has 0 amide bonds. The Kier molecular flexibility index (Phi) is 5.22. The fourth-order valence-corrected chi connectivity index (χ4v) is 4.72. The molecule has 0 saturated heterocycles. The maximum absolute atomic E-state index is 12.5. The highest BCUT2D eigenvalue weighted by atomic mass is 35.7. The van der Waals surface area contributed by atoms with E-state index in [1.54, 1.807) is 24.3 Å². The van der Waals surface area contributed by atoms with Crippen LogP contribution < -0.4 is 0 Å². The zero-order chi connectivity index (χ0) is 18.0. The lowest BCUT2D eigenvalue weighted by molar-refractivity contribution is 0.388. The summed E-state index contributed by atoms with van der Waals surface area (Å²) in [5.74, 6) is -0.335. The van der Waals surface area contributed by atoms with Gasteiger partial charge in [0.2, 0.25) is 0 Å². The SMILES string of the molecule is Cc1ccc(S(=O)(O)(O)CCCc2cccc(S(=O)(=O)Cl)c2)cc1. The van der Waals surface area contributed by atoms with Crippen LogP contribution in [0.15, 0.2) is 58.3 Å². The zero-order valence-electron chi connectivity index (χ0n) is 13.1. The molecule has 0 aliphatic carbocycles. The van der Waals surface area contributed by atoms with Crippen molar-refractivity contribution in [1.29, 1.82) is 0 Å². The zero-order valence-corrected chi connectivity index (χ0v) is 15.4. The Morgan fingerprint density at radius 2 is 1.71 bits per heavy atom. The summed E-state index contributed by atoms with van der Waals surface area (Å²) >= 11 is 0. The van der Waals surface area contributed by atoms with Crippen LogP contribution in [-0.2, 0) is 25.1 Å². The second-order valence-corrected chi connectivity index (χ2v) is 11.2. The largest absolute Gasteiger partial charge is 0.304 e. The van der Waals surface area contributed by atoms with Crippen molar-refractivity contribution in [2.45, 2.75) is 29.6 Å². The first kappa shape index (κ1) is 19.1. The molecule has 8 heteroatoms. The van der Waals surface area contributed by atoms with Crippen molar-refractivity contribution in [2.75, 3.05) is 5.75 Å². The third kappa shape index (κ3) is 4.87. The predicted molar refractivity (Wildman–Crippen MR) is 95.5 cm³/mol. The molecular weight excluding hydrogens is 372 g/mol. The molecule has 2 aromatic carbocycles. The van der Waals surface area contributed by atoms with Crippen molar-refractivity contribution in [3.63, 3.8) is 0 Å². The van der Waals surface area contributed by atoms with Crippen LogP contribution in [0.3, 0.4) is 0 Å². The molecule has 2 N–H and O–H groups in total. The molecule has 0 atom stereocenters. The minimum absolute atomic E-state index is 0.0188.